The number of nitrogens with one attached hydrogen (secondary N) is 1. The van der Waals surface area contributed by atoms with E-state index in [0.29, 0.717) is 6.61 Å². The molecule has 140 valence electrons. The standard InChI is InChI=1S/C21H23N3O3/c1-5-27-17-6-8-18-19(12-17)23-14(2)10-20(18)24-22-13-15-11-16(25-3)7-9-21(15)26-4/h6-13H,5H2,1-4H3,(H,23,24)/b22-13+. The Balaban J connectivity index is 1.89. The second kappa shape index (κ2) is 8.40. The number of hydrazone groups is 1. The van der Waals surface area contributed by atoms with Gasteiger partial charge in [-0.25, -0.2) is 0 Å². The van der Waals surface area contributed by atoms with Crippen LogP contribution in [0.3, 0.4) is 0 Å². The van der Waals surface area contributed by atoms with Gasteiger partial charge in [-0.15, -0.1) is 0 Å². The molecule has 0 aliphatic heterocycles. The van der Waals surface area contributed by atoms with Gasteiger partial charge in [-0.1, -0.05) is 0 Å². The Morgan fingerprint density at radius 1 is 1.04 bits per heavy atom. The number of ether oxygens (including phenoxy) is 3. The highest BCUT2D eigenvalue weighted by Crippen LogP contribution is 2.27. The molecule has 0 fully saturated rings. The van der Waals surface area contributed by atoms with Crippen molar-refractivity contribution >= 4 is 22.8 Å². The van der Waals surface area contributed by atoms with Crippen LogP contribution in [-0.4, -0.2) is 32.0 Å². The number of aryl methyl sites for hydroxylation is 1. The third-order valence-corrected chi connectivity index (χ3v) is 4.05. The van der Waals surface area contributed by atoms with E-state index in [1.807, 2.05) is 56.3 Å². The van der Waals surface area contributed by atoms with Crippen LogP contribution in [0.25, 0.3) is 10.9 Å². The molecule has 0 unspecified atom stereocenters. The molecule has 1 N–H and O–H groups in total. The van der Waals surface area contributed by atoms with Gasteiger partial charge in [0.25, 0.3) is 0 Å². The topological polar surface area (TPSA) is 65.0 Å². The summed E-state index contributed by atoms with van der Waals surface area (Å²) in [6.45, 7) is 4.53. The minimum Gasteiger partial charge on any atom is -0.497 e. The lowest BCUT2D eigenvalue weighted by Gasteiger charge is -2.10. The number of methoxy groups -OCH3 is 2. The Hall–Kier alpha value is -3.28. The molecule has 0 saturated heterocycles. The number of pyridine rings is 1. The zero-order valence-electron chi connectivity index (χ0n) is 15.9. The van der Waals surface area contributed by atoms with Gasteiger partial charge in [-0.2, -0.15) is 5.10 Å². The first-order valence-electron chi connectivity index (χ1n) is 8.70. The van der Waals surface area contributed by atoms with Crippen molar-refractivity contribution in [2.24, 2.45) is 5.10 Å². The molecule has 6 heteroatoms. The Bertz CT molecular complexity index is 970. The first-order chi connectivity index (χ1) is 13.1. The number of fused-ring (bicyclic) bond motifs is 1. The summed E-state index contributed by atoms with van der Waals surface area (Å²) in [5.41, 5.74) is 6.56. The Morgan fingerprint density at radius 3 is 2.59 bits per heavy atom. The first-order valence-corrected chi connectivity index (χ1v) is 8.70. The normalized spacial score (nSPS) is 11.0. The van der Waals surface area contributed by atoms with Gasteiger partial charge in [-0.05, 0) is 50.2 Å². The van der Waals surface area contributed by atoms with Gasteiger partial charge in [-0.3, -0.25) is 10.4 Å². The van der Waals surface area contributed by atoms with Crippen molar-refractivity contribution in [3.05, 3.63) is 53.7 Å². The highest BCUT2D eigenvalue weighted by molar-refractivity contribution is 5.93. The zero-order valence-corrected chi connectivity index (χ0v) is 15.9. The van der Waals surface area contributed by atoms with Crippen molar-refractivity contribution in [3.63, 3.8) is 0 Å². The number of rotatable bonds is 7. The fourth-order valence-electron chi connectivity index (χ4n) is 2.80. The van der Waals surface area contributed by atoms with Crippen molar-refractivity contribution in [2.75, 3.05) is 26.3 Å². The molecular formula is C21H23N3O3. The van der Waals surface area contributed by atoms with E-state index in [-0.39, 0.29) is 0 Å². The number of nitrogens with zero attached hydrogens (tertiary/aromatic N) is 2. The number of benzene rings is 2. The first kappa shape index (κ1) is 18.5. The largest absolute Gasteiger partial charge is 0.497 e. The van der Waals surface area contributed by atoms with Crippen LogP contribution in [0.1, 0.15) is 18.2 Å². The maximum Gasteiger partial charge on any atom is 0.127 e. The fourth-order valence-corrected chi connectivity index (χ4v) is 2.80. The summed E-state index contributed by atoms with van der Waals surface area (Å²) in [5.74, 6) is 2.27. The lowest BCUT2D eigenvalue weighted by Crippen LogP contribution is -1.97. The van der Waals surface area contributed by atoms with Gasteiger partial charge in [0, 0.05) is 22.7 Å². The number of aromatic nitrogens is 1. The molecule has 0 amide bonds. The molecule has 0 aliphatic rings. The highest BCUT2D eigenvalue weighted by atomic mass is 16.5. The minimum atomic E-state index is 0.620. The number of hydrogen-bond donors (Lipinski definition) is 1. The summed E-state index contributed by atoms with van der Waals surface area (Å²) >= 11 is 0. The molecule has 1 aromatic heterocycles. The van der Waals surface area contributed by atoms with E-state index in [4.69, 9.17) is 14.2 Å². The van der Waals surface area contributed by atoms with E-state index in [2.05, 4.69) is 15.5 Å². The molecule has 3 aromatic rings. The molecular weight excluding hydrogens is 342 g/mol. The summed E-state index contributed by atoms with van der Waals surface area (Å²) in [7, 11) is 3.26. The van der Waals surface area contributed by atoms with Crippen molar-refractivity contribution in [1.82, 2.24) is 4.98 Å². The Morgan fingerprint density at radius 2 is 1.85 bits per heavy atom. The third kappa shape index (κ3) is 4.28. The maximum absolute atomic E-state index is 5.56. The molecule has 0 aliphatic carbocycles. The highest BCUT2D eigenvalue weighted by Gasteiger charge is 2.06. The summed E-state index contributed by atoms with van der Waals surface area (Å²) in [6, 6.07) is 13.4. The van der Waals surface area contributed by atoms with Crippen molar-refractivity contribution in [1.29, 1.82) is 0 Å². The van der Waals surface area contributed by atoms with E-state index in [1.54, 1.807) is 20.4 Å². The molecule has 0 saturated carbocycles. The average Bonchev–Trinajstić information content (AvgIpc) is 2.67. The van der Waals surface area contributed by atoms with E-state index in [9.17, 15) is 0 Å². The van der Waals surface area contributed by atoms with Crippen LogP contribution < -0.4 is 19.6 Å². The second-order valence-corrected chi connectivity index (χ2v) is 5.90. The minimum absolute atomic E-state index is 0.620. The molecule has 0 bridgehead atoms. The molecule has 0 spiro atoms. The van der Waals surface area contributed by atoms with Crippen molar-refractivity contribution < 1.29 is 14.2 Å². The van der Waals surface area contributed by atoms with Gasteiger partial charge in [0.15, 0.2) is 0 Å². The smallest absolute Gasteiger partial charge is 0.127 e. The summed E-state index contributed by atoms with van der Waals surface area (Å²) < 4.78 is 16.2. The summed E-state index contributed by atoms with van der Waals surface area (Å²) in [4.78, 5) is 4.59. The van der Waals surface area contributed by atoms with Gasteiger partial charge >= 0.3 is 0 Å². The predicted octanol–water partition coefficient (Wildman–Crippen LogP) is 4.41. The molecule has 6 nitrogen and oxygen atoms in total. The van der Waals surface area contributed by atoms with Crippen LogP contribution in [0.15, 0.2) is 47.6 Å². The lowest BCUT2D eigenvalue weighted by molar-refractivity contribution is 0.340. The monoisotopic (exact) mass is 365 g/mol. The number of hydrogen-bond acceptors (Lipinski definition) is 6. The zero-order chi connectivity index (χ0) is 19.2. The van der Waals surface area contributed by atoms with Crippen LogP contribution in [-0.2, 0) is 0 Å². The van der Waals surface area contributed by atoms with Crippen molar-refractivity contribution in [2.45, 2.75) is 13.8 Å². The molecule has 0 atom stereocenters. The molecule has 0 radical (unpaired) electrons. The van der Waals surface area contributed by atoms with Crippen LogP contribution in [0, 0.1) is 6.92 Å². The average molecular weight is 365 g/mol. The van der Waals surface area contributed by atoms with Gasteiger partial charge in [0.1, 0.15) is 17.2 Å². The van der Waals surface area contributed by atoms with E-state index in [1.165, 1.54) is 0 Å². The van der Waals surface area contributed by atoms with Gasteiger partial charge < -0.3 is 14.2 Å². The van der Waals surface area contributed by atoms with E-state index in [0.717, 1.165) is 45.1 Å². The molecule has 1 heterocycles. The van der Waals surface area contributed by atoms with E-state index < -0.39 is 0 Å². The van der Waals surface area contributed by atoms with Crippen LogP contribution in [0.5, 0.6) is 17.2 Å². The van der Waals surface area contributed by atoms with E-state index >= 15 is 0 Å². The SMILES string of the molecule is CCOc1ccc2c(N/N=C/c3cc(OC)ccc3OC)cc(C)nc2c1. The van der Waals surface area contributed by atoms with Crippen LogP contribution in [0.4, 0.5) is 5.69 Å². The van der Waals surface area contributed by atoms with Gasteiger partial charge in [0.2, 0.25) is 0 Å². The predicted molar refractivity (Wildman–Crippen MR) is 108 cm³/mol. The molecule has 27 heavy (non-hydrogen) atoms. The summed E-state index contributed by atoms with van der Waals surface area (Å²) in [6.07, 6.45) is 1.71. The van der Waals surface area contributed by atoms with Crippen LogP contribution in [0.2, 0.25) is 0 Å². The van der Waals surface area contributed by atoms with Gasteiger partial charge in [0.05, 0.1) is 38.2 Å². The summed E-state index contributed by atoms with van der Waals surface area (Å²) in [5, 5.41) is 5.35. The number of anilines is 1. The third-order valence-electron chi connectivity index (χ3n) is 4.05. The second-order valence-electron chi connectivity index (χ2n) is 5.90. The quantitative estimate of drug-likeness (QED) is 0.496. The maximum atomic E-state index is 5.56. The molecule has 2 aromatic carbocycles. The lowest BCUT2D eigenvalue weighted by atomic mass is 10.1. The molecule has 3 rings (SSSR count). The van der Waals surface area contributed by atoms with Crippen molar-refractivity contribution in [3.8, 4) is 17.2 Å². The Labute approximate surface area is 158 Å². The fraction of sp³-hybridized carbons (Fsp3) is 0.238. The Kier molecular flexibility index (Phi) is 5.76. The van der Waals surface area contributed by atoms with Crippen LogP contribution >= 0.6 is 0 Å².